The number of alkyl halides is 6. The van der Waals surface area contributed by atoms with Gasteiger partial charge in [0.15, 0.2) is 11.4 Å². The monoisotopic (exact) mass is 392 g/mol. The maximum atomic E-state index is 13.1. The zero-order valence-corrected chi connectivity index (χ0v) is 12.5. The van der Waals surface area contributed by atoms with Crippen LogP contribution in [-0.4, -0.2) is 20.6 Å². The highest BCUT2D eigenvalue weighted by molar-refractivity contribution is 6.37. The number of rotatable bonds is 2. The molecule has 0 radical (unpaired) electrons. The molecule has 0 unspecified atom stereocenters. The molecule has 0 aliphatic rings. The van der Waals surface area contributed by atoms with Gasteiger partial charge >= 0.3 is 18.3 Å². The largest absolute Gasteiger partial charge is 0.476 e. The van der Waals surface area contributed by atoms with Crippen molar-refractivity contribution in [3.63, 3.8) is 0 Å². The third-order valence-corrected chi connectivity index (χ3v) is 3.40. The Balaban J connectivity index is 2.77. The van der Waals surface area contributed by atoms with Crippen LogP contribution >= 0.6 is 23.2 Å². The second-order valence-electron chi connectivity index (χ2n) is 4.40. The molecule has 0 fully saturated rings. The van der Waals surface area contributed by atoms with Crippen molar-refractivity contribution >= 4 is 29.2 Å². The van der Waals surface area contributed by atoms with Gasteiger partial charge in [0.25, 0.3) is 0 Å². The lowest BCUT2D eigenvalue weighted by Gasteiger charge is -2.16. The Morgan fingerprint density at radius 2 is 1.54 bits per heavy atom. The van der Waals surface area contributed by atoms with E-state index in [1.54, 1.807) is 0 Å². The molecule has 24 heavy (non-hydrogen) atoms. The third kappa shape index (κ3) is 3.29. The summed E-state index contributed by atoms with van der Waals surface area (Å²) in [6.07, 6.45) is -9.52. The second-order valence-corrected chi connectivity index (χ2v) is 5.22. The summed E-state index contributed by atoms with van der Waals surface area (Å²) in [6.45, 7) is 0. The number of aromatic nitrogens is 2. The molecule has 1 aromatic carbocycles. The van der Waals surface area contributed by atoms with Crippen molar-refractivity contribution in [2.45, 2.75) is 12.4 Å². The van der Waals surface area contributed by atoms with E-state index in [1.165, 1.54) is 0 Å². The van der Waals surface area contributed by atoms with Crippen molar-refractivity contribution in [2.24, 2.45) is 0 Å². The average molecular weight is 393 g/mol. The van der Waals surface area contributed by atoms with Crippen LogP contribution < -0.4 is 0 Å². The fourth-order valence-corrected chi connectivity index (χ4v) is 2.57. The molecule has 2 rings (SSSR count). The fourth-order valence-electron chi connectivity index (χ4n) is 1.90. The van der Waals surface area contributed by atoms with Gasteiger partial charge in [0, 0.05) is 0 Å². The van der Waals surface area contributed by atoms with Crippen molar-refractivity contribution in [3.05, 3.63) is 45.5 Å². The molecule has 4 nitrogen and oxygen atoms in total. The van der Waals surface area contributed by atoms with Crippen LogP contribution in [0, 0.1) is 0 Å². The number of hydrogen-bond donors (Lipinski definition) is 1. The number of benzene rings is 1. The predicted molar refractivity (Wildman–Crippen MR) is 70.5 cm³/mol. The summed E-state index contributed by atoms with van der Waals surface area (Å²) in [5.74, 6) is -1.97. The topological polar surface area (TPSA) is 55.1 Å². The average Bonchev–Trinajstić information content (AvgIpc) is 2.81. The van der Waals surface area contributed by atoms with E-state index in [4.69, 9.17) is 28.3 Å². The normalized spacial score (nSPS) is 12.5. The Bertz CT molecular complexity index is 790. The highest BCUT2D eigenvalue weighted by Crippen LogP contribution is 2.40. The number of hydrogen-bond acceptors (Lipinski definition) is 2. The minimum atomic E-state index is -5.17. The van der Waals surface area contributed by atoms with Crippen molar-refractivity contribution in [3.8, 4) is 5.69 Å². The maximum absolute atomic E-state index is 13.1. The minimum Gasteiger partial charge on any atom is -0.476 e. The predicted octanol–water partition coefficient (Wildman–Crippen LogP) is 4.91. The summed E-state index contributed by atoms with van der Waals surface area (Å²) in [6, 6.07) is 0.757. The number of imidazole rings is 1. The first-order valence-corrected chi connectivity index (χ1v) is 6.54. The number of aromatic carboxylic acids is 1. The van der Waals surface area contributed by atoms with Crippen molar-refractivity contribution in [2.75, 3.05) is 0 Å². The van der Waals surface area contributed by atoms with Gasteiger partial charge in [-0.15, -0.1) is 0 Å². The Morgan fingerprint density at radius 1 is 1.04 bits per heavy atom. The van der Waals surface area contributed by atoms with Gasteiger partial charge in [0.05, 0.1) is 21.3 Å². The summed E-state index contributed by atoms with van der Waals surface area (Å²) < 4.78 is 77.6. The standard InChI is InChI=1S/C12H4Cl2F6N2O2/c13-5-1-4(11(15,16)17)2-6(14)8(5)22-3-21-7(10(23)24)9(22)12(18,19)20/h1-3H,(H,23,24). The van der Waals surface area contributed by atoms with Crippen LogP contribution in [0.5, 0.6) is 0 Å². The molecule has 0 saturated carbocycles. The van der Waals surface area contributed by atoms with Crippen LogP contribution in [-0.2, 0) is 12.4 Å². The van der Waals surface area contributed by atoms with Gasteiger partial charge in [-0.1, -0.05) is 23.2 Å². The lowest BCUT2D eigenvalue weighted by Crippen LogP contribution is -2.17. The van der Waals surface area contributed by atoms with Crippen LogP contribution in [0.25, 0.3) is 5.69 Å². The molecule has 0 saturated heterocycles. The van der Waals surface area contributed by atoms with Crippen molar-refractivity contribution < 1.29 is 36.2 Å². The third-order valence-electron chi connectivity index (χ3n) is 2.82. The minimum absolute atomic E-state index is 0.189. The van der Waals surface area contributed by atoms with Gasteiger partial charge in [-0.2, -0.15) is 26.3 Å². The van der Waals surface area contributed by atoms with E-state index in [9.17, 15) is 31.1 Å². The van der Waals surface area contributed by atoms with Crippen LogP contribution in [0.1, 0.15) is 21.7 Å². The molecule has 1 aromatic heterocycles. The fraction of sp³-hybridized carbons (Fsp3) is 0.167. The molecule has 0 bridgehead atoms. The number of halogens is 8. The van der Waals surface area contributed by atoms with Gasteiger partial charge < -0.3 is 5.11 Å². The van der Waals surface area contributed by atoms with Gasteiger partial charge in [0.2, 0.25) is 0 Å². The summed E-state index contributed by atoms with van der Waals surface area (Å²) >= 11 is 11.3. The van der Waals surface area contributed by atoms with E-state index < -0.39 is 51.0 Å². The van der Waals surface area contributed by atoms with Gasteiger partial charge in [-0.25, -0.2) is 9.78 Å². The number of nitrogens with zero attached hydrogens (tertiary/aromatic N) is 2. The Hall–Kier alpha value is -1.94. The van der Waals surface area contributed by atoms with E-state index >= 15 is 0 Å². The molecule has 0 atom stereocenters. The molecule has 1 N–H and O–H groups in total. The summed E-state index contributed by atoms with van der Waals surface area (Å²) in [7, 11) is 0. The van der Waals surface area contributed by atoms with E-state index in [-0.39, 0.29) is 4.57 Å². The molecule has 0 spiro atoms. The molecule has 2 aromatic rings. The van der Waals surface area contributed by atoms with E-state index in [1.807, 2.05) is 0 Å². The molecule has 1 heterocycles. The molecule has 0 aliphatic heterocycles. The van der Waals surface area contributed by atoms with Gasteiger partial charge in [0.1, 0.15) is 6.33 Å². The summed E-state index contributed by atoms with van der Waals surface area (Å²) in [4.78, 5) is 14.0. The van der Waals surface area contributed by atoms with Gasteiger partial charge in [-0.05, 0) is 12.1 Å². The maximum Gasteiger partial charge on any atom is 0.434 e. The van der Waals surface area contributed by atoms with E-state index in [0.717, 1.165) is 0 Å². The number of carboxylic acid groups (broad SMARTS) is 1. The zero-order chi connectivity index (χ0) is 18.4. The highest BCUT2D eigenvalue weighted by Gasteiger charge is 2.42. The van der Waals surface area contributed by atoms with Crippen LogP contribution in [0.4, 0.5) is 26.3 Å². The van der Waals surface area contributed by atoms with Crippen molar-refractivity contribution in [1.29, 1.82) is 0 Å². The molecule has 0 aliphatic carbocycles. The lowest BCUT2D eigenvalue weighted by atomic mass is 10.2. The summed E-state index contributed by atoms with van der Waals surface area (Å²) in [5.41, 5.74) is -5.00. The van der Waals surface area contributed by atoms with Crippen molar-refractivity contribution in [1.82, 2.24) is 9.55 Å². The number of carbonyl (C=O) groups is 1. The zero-order valence-electron chi connectivity index (χ0n) is 11.0. The SMILES string of the molecule is O=C(O)c1ncn(-c2c(Cl)cc(C(F)(F)F)cc2Cl)c1C(F)(F)F. The molecule has 0 amide bonds. The number of carboxylic acids is 1. The van der Waals surface area contributed by atoms with Gasteiger partial charge in [-0.3, -0.25) is 4.57 Å². The first-order chi connectivity index (χ1) is 10.8. The van der Waals surface area contributed by atoms with E-state index in [0.29, 0.717) is 18.5 Å². The first kappa shape index (κ1) is 18.4. The first-order valence-electron chi connectivity index (χ1n) is 5.78. The van der Waals surface area contributed by atoms with Crippen LogP contribution in [0.2, 0.25) is 10.0 Å². The highest BCUT2D eigenvalue weighted by atomic mass is 35.5. The molecular formula is C12H4Cl2F6N2O2. The van der Waals surface area contributed by atoms with Crippen LogP contribution in [0.15, 0.2) is 18.5 Å². The van der Waals surface area contributed by atoms with Crippen LogP contribution in [0.3, 0.4) is 0 Å². The summed E-state index contributed by atoms with van der Waals surface area (Å²) in [5, 5.41) is 7.28. The second kappa shape index (κ2) is 5.85. The lowest BCUT2D eigenvalue weighted by molar-refractivity contribution is -0.143. The Morgan fingerprint density at radius 3 is 1.92 bits per heavy atom. The van der Waals surface area contributed by atoms with E-state index in [2.05, 4.69) is 4.98 Å². The molecule has 12 heteroatoms. The smallest absolute Gasteiger partial charge is 0.434 e. The molecule has 130 valence electrons. The quantitative estimate of drug-likeness (QED) is 0.738. The molecular weight excluding hydrogens is 389 g/mol. The Kier molecular flexibility index (Phi) is 4.49. The Labute approximate surface area is 139 Å².